The van der Waals surface area contributed by atoms with E-state index in [9.17, 15) is 19.2 Å². The van der Waals surface area contributed by atoms with Crippen LogP contribution in [0.25, 0.3) is 0 Å². The van der Waals surface area contributed by atoms with Gasteiger partial charge in [-0.1, -0.05) is 46.3 Å². The molecule has 1 rings (SSSR count). The first-order valence-corrected chi connectivity index (χ1v) is 9.67. The average Bonchev–Trinajstić information content (AvgIpc) is 2.63. The van der Waals surface area contributed by atoms with Crippen molar-refractivity contribution in [2.75, 3.05) is 18.5 Å². The number of amides is 1. The van der Waals surface area contributed by atoms with Gasteiger partial charge in [0.25, 0.3) is 5.91 Å². The molecule has 8 nitrogen and oxygen atoms in total. The van der Waals surface area contributed by atoms with Gasteiger partial charge in [-0.15, -0.1) is 0 Å². The lowest BCUT2D eigenvalue weighted by atomic mass is 10.1. The first kappa shape index (κ1) is 23.6. The Morgan fingerprint density at radius 2 is 1.68 bits per heavy atom. The first-order valence-electron chi connectivity index (χ1n) is 8.55. The van der Waals surface area contributed by atoms with Gasteiger partial charge >= 0.3 is 17.9 Å². The lowest BCUT2D eigenvalue weighted by Crippen LogP contribution is -2.42. The fraction of sp³-hybridized carbons (Fsp3) is 0.474. The molecule has 0 aliphatic rings. The number of rotatable bonds is 9. The van der Waals surface area contributed by atoms with Crippen LogP contribution in [-0.2, 0) is 39.8 Å². The van der Waals surface area contributed by atoms with Crippen molar-refractivity contribution in [1.29, 1.82) is 0 Å². The van der Waals surface area contributed by atoms with Crippen LogP contribution in [0, 0.1) is 0 Å². The monoisotopic (exact) mass is 457 g/mol. The lowest BCUT2D eigenvalue weighted by Gasteiger charge is -2.19. The number of alkyl halides is 1. The smallest absolute Gasteiger partial charge is 0.344 e. The van der Waals surface area contributed by atoms with E-state index >= 15 is 0 Å². The van der Waals surface area contributed by atoms with Gasteiger partial charge in [-0.05, 0) is 26.3 Å². The van der Waals surface area contributed by atoms with E-state index in [2.05, 4.69) is 21.2 Å². The summed E-state index contributed by atoms with van der Waals surface area (Å²) in [4.78, 5) is 47.1. The molecule has 0 saturated carbocycles. The number of hydrogen-bond donors (Lipinski definition) is 1. The molecule has 0 saturated heterocycles. The van der Waals surface area contributed by atoms with Crippen LogP contribution in [0.4, 0.5) is 0 Å². The Hall–Kier alpha value is -2.42. The maximum absolute atomic E-state index is 12.3. The van der Waals surface area contributed by atoms with Gasteiger partial charge < -0.3 is 19.5 Å². The van der Waals surface area contributed by atoms with E-state index in [4.69, 9.17) is 14.2 Å². The molecule has 1 N–H and O–H groups in total. The number of carbonyl (C=O) groups excluding carboxylic acids is 4. The molecule has 1 unspecified atom stereocenters. The summed E-state index contributed by atoms with van der Waals surface area (Å²) in [6, 6.07) is 8.99. The summed E-state index contributed by atoms with van der Waals surface area (Å²) in [5, 5.41) is 2.28. The molecule has 1 aromatic carbocycles. The standard InChI is InChI=1S/C19H24BrNO7/c1-19(2,3)28-17(24)12-26-16(23)11-21-18(25)14(27-15(22)10-20)9-13-7-5-4-6-8-13/h4-8,14H,9-12H2,1-3H3,(H,21,25). The van der Waals surface area contributed by atoms with Gasteiger partial charge in [0, 0.05) is 6.42 Å². The predicted molar refractivity (Wildman–Crippen MR) is 104 cm³/mol. The summed E-state index contributed by atoms with van der Waals surface area (Å²) in [6.07, 6.45) is -0.954. The number of carbonyl (C=O) groups is 4. The number of hydrogen-bond acceptors (Lipinski definition) is 7. The third kappa shape index (κ3) is 10.1. The molecule has 9 heteroatoms. The predicted octanol–water partition coefficient (Wildman–Crippen LogP) is 1.54. The Labute approximate surface area is 172 Å². The van der Waals surface area contributed by atoms with Crippen molar-refractivity contribution < 1.29 is 33.4 Å². The van der Waals surface area contributed by atoms with Crippen molar-refractivity contribution in [3.05, 3.63) is 35.9 Å². The fourth-order valence-electron chi connectivity index (χ4n) is 2.04. The van der Waals surface area contributed by atoms with Gasteiger partial charge in [-0.2, -0.15) is 0 Å². The molecule has 28 heavy (non-hydrogen) atoms. The zero-order chi connectivity index (χ0) is 21.2. The van der Waals surface area contributed by atoms with Crippen LogP contribution in [-0.4, -0.2) is 54.0 Å². The molecule has 0 bridgehead atoms. The van der Waals surface area contributed by atoms with Crippen molar-refractivity contribution in [3.8, 4) is 0 Å². The molecule has 0 radical (unpaired) electrons. The van der Waals surface area contributed by atoms with Gasteiger partial charge in [-0.3, -0.25) is 14.4 Å². The number of halogens is 1. The van der Waals surface area contributed by atoms with Crippen molar-refractivity contribution in [1.82, 2.24) is 5.32 Å². The normalized spacial score (nSPS) is 11.9. The maximum Gasteiger partial charge on any atom is 0.344 e. The van der Waals surface area contributed by atoms with Crippen molar-refractivity contribution in [2.45, 2.75) is 38.9 Å². The molecule has 154 valence electrons. The van der Waals surface area contributed by atoms with E-state index < -0.39 is 48.7 Å². The van der Waals surface area contributed by atoms with Gasteiger partial charge in [-0.25, -0.2) is 4.79 Å². The quantitative estimate of drug-likeness (QED) is 0.340. The van der Waals surface area contributed by atoms with E-state index in [1.807, 2.05) is 6.07 Å². The Bertz CT molecular complexity index is 685. The third-order valence-electron chi connectivity index (χ3n) is 3.12. The zero-order valence-corrected chi connectivity index (χ0v) is 17.6. The van der Waals surface area contributed by atoms with E-state index in [0.717, 1.165) is 5.56 Å². The molecule has 0 fully saturated rings. The van der Waals surface area contributed by atoms with E-state index in [1.54, 1.807) is 45.0 Å². The highest BCUT2D eigenvalue weighted by molar-refractivity contribution is 9.09. The summed E-state index contributed by atoms with van der Waals surface area (Å²) in [6.45, 7) is 4.03. The summed E-state index contributed by atoms with van der Waals surface area (Å²) < 4.78 is 14.9. The summed E-state index contributed by atoms with van der Waals surface area (Å²) in [5.41, 5.74) is 0.0966. The summed E-state index contributed by atoms with van der Waals surface area (Å²) >= 11 is 2.97. The zero-order valence-electron chi connectivity index (χ0n) is 16.0. The third-order valence-corrected chi connectivity index (χ3v) is 3.57. The van der Waals surface area contributed by atoms with Crippen LogP contribution in [0.5, 0.6) is 0 Å². The minimum absolute atomic E-state index is 0.0660. The highest BCUT2D eigenvalue weighted by Crippen LogP contribution is 2.08. The molecule has 0 aliphatic carbocycles. The first-order chi connectivity index (χ1) is 13.1. The number of ether oxygens (including phenoxy) is 3. The Morgan fingerprint density at radius 3 is 2.25 bits per heavy atom. The minimum atomic E-state index is -1.11. The van der Waals surface area contributed by atoms with Gasteiger partial charge in [0.15, 0.2) is 12.7 Å². The minimum Gasteiger partial charge on any atom is -0.457 e. The topological polar surface area (TPSA) is 108 Å². The van der Waals surface area contributed by atoms with Crippen molar-refractivity contribution in [3.63, 3.8) is 0 Å². The highest BCUT2D eigenvalue weighted by Gasteiger charge is 2.24. The fourth-order valence-corrected chi connectivity index (χ4v) is 2.17. The van der Waals surface area contributed by atoms with Gasteiger partial charge in [0.2, 0.25) is 0 Å². The van der Waals surface area contributed by atoms with Gasteiger partial charge in [0.1, 0.15) is 17.5 Å². The molecule has 1 atom stereocenters. The molecule has 0 heterocycles. The largest absolute Gasteiger partial charge is 0.457 e. The molecule has 1 aromatic rings. The second-order valence-corrected chi connectivity index (χ2v) is 7.33. The van der Waals surface area contributed by atoms with Crippen LogP contribution in [0.15, 0.2) is 30.3 Å². The van der Waals surface area contributed by atoms with Crippen LogP contribution in [0.2, 0.25) is 0 Å². The van der Waals surface area contributed by atoms with E-state index in [1.165, 1.54) is 0 Å². The summed E-state index contributed by atoms with van der Waals surface area (Å²) in [5.74, 6) is -2.76. The molecular weight excluding hydrogens is 434 g/mol. The molecule has 0 aromatic heterocycles. The maximum atomic E-state index is 12.3. The highest BCUT2D eigenvalue weighted by atomic mass is 79.9. The van der Waals surface area contributed by atoms with Crippen LogP contribution >= 0.6 is 15.9 Å². The van der Waals surface area contributed by atoms with Crippen LogP contribution < -0.4 is 5.32 Å². The second-order valence-electron chi connectivity index (χ2n) is 6.77. The lowest BCUT2D eigenvalue weighted by molar-refractivity contribution is -0.166. The number of benzene rings is 1. The Kier molecular flexibility index (Phi) is 9.64. The van der Waals surface area contributed by atoms with Gasteiger partial charge in [0.05, 0.1) is 0 Å². The molecule has 0 aliphatic heterocycles. The number of nitrogens with one attached hydrogen (secondary N) is 1. The average molecular weight is 458 g/mol. The Balaban J connectivity index is 2.53. The summed E-state index contributed by atoms with van der Waals surface area (Å²) in [7, 11) is 0. The second kappa shape index (κ2) is 11.4. The van der Waals surface area contributed by atoms with E-state index in [0.29, 0.717) is 0 Å². The SMILES string of the molecule is CC(C)(C)OC(=O)COC(=O)CNC(=O)C(Cc1ccccc1)OC(=O)CBr. The molecule has 0 spiro atoms. The van der Waals surface area contributed by atoms with Crippen molar-refractivity contribution in [2.24, 2.45) is 0 Å². The number of esters is 3. The van der Waals surface area contributed by atoms with Crippen LogP contribution in [0.1, 0.15) is 26.3 Å². The van der Waals surface area contributed by atoms with Crippen molar-refractivity contribution >= 4 is 39.7 Å². The molecule has 1 amide bonds. The van der Waals surface area contributed by atoms with Crippen LogP contribution in [0.3, 0.4) is 0 Å². The van der Waals surface area contributed by atoms with E-state index in [-0.39, 0.29) is 11.8 Å². The molecular formula is C19H24BrNO7. The Morgan fingerprint density at radius 1 is 1.04 bits per heavy atom.